The van der Waals surface area contributed by atoms with Gasteiger partial charge in [-0.1, -0.05) is 36.4 Å². The number of anilines is 1. The lowest BCUT2D eigenvalue weighted by atomic mass is 10.1. The van der Waals surface area contributed by atoms with Crippen LogP contribution in [0.15, 0.2) is 54.7 Å². The van der Waals surface area contributed by atoms with Crippen molar-refractivity contribution >= 4 is 28.5 Å². The van der Waals surface area contributed by atoms with Gasteiger partial charge in [-0.25, -0.2) is 4.68 Å². The van der Waals surface area contributed by atoms with Gasteiger partial charge in [0.1, 0.15) is 11.6 Å². The summed E-state index contributed by atoms with van der Waals surface area (Å²) in [4.78, 5) is 11.3. The van der Waals surface area contributed by atoms with Crippen molar-refractivity contribution < 1.29 is 4.74 Å². The Balaban J connectivity index is 1.31. The number of fused-ring (bicyclic) bond motifs is 1. The smallest absolute Gasteiger partial charge is 0.226 e. The molecule has 0 radical (unpaired) electrons. The summed E-state index contributed by atoms with van der Waals surface area (Å²) in [6.45, 7) is 4.67. The minimum atomic E-state index is 0.196. The number of aromatic nitrogens is 4. The molecule has 2 aromatic carbocycles. The van der Waals surface area contributed by atoms with Gasteiger partial charge < -0.3 is 10.1 Å². The molecule has 0 spiro atoms. The predicted octanol–water partition coefficient (Wildman–Crippen LogP) is 4.35. The van der Waals surface area contributed by atoms with Crippen LogP contribution < -0.4 is 10.1 Å². The molecule has 2 aromatic heterocycles. The van der Waals surface area contributed by atoms with Gasteiger partial charge in [0.2, 0.25) is 5.28 Å². The summed E-state index contributed by atoms with van der Waals surface area (Å²) in [5.74, 6) is 1.50. The van der Waals surface area contributed by atoms with Crippen LogP contribution >= 0.6 is 11.6 Å². The predicted molar refractivity (Wildman–Crippen MR) is 126 cm³/mol. The van der Waals surface area contributed by atoms with E-state index in [9.17, 15) is 0 Å². The molecule has 1 aliphatic rings. The Morgan fingerprint density at radius 2 is 1.62 bits per heavy atom. The molecule has 0 unspecified atom stereocenters. The first-order valence-electron chi connectivity index (χ1n) is 10.7. The Labute approximate surface area is 192 Å². The molecule has 0 saturated carbocycles. The van der Waals surface area contributed by atoms with Crippen LogP contribution in [0.1, 0.15) is 23.1 Å². The Bertz CT molecular complexity index is 1200. The molecule has 0 amide bonds. The summed E-state index contributed by atoms with van der Waals surface area (Å²) in [5, 5.41) is 8.96. The Morgan fingerprint density at radius 3 is 2.28 bits per heavy atom. The van der Waals surface area contributed by atoms with Gasteiger partial charge in [-0.2, -0.15) is 15.1 Å². The van der Waals surface area contributed by atoms with Gasteiger partial charge in [0, 0.05) is 13.1 Å². The summed E-state index contributed by atoms with van der Waals surface area (Å²) in [7, 11) is 1.66. The van der Waals surface area contributed by atoms with Crippen LogP contribution in [0.2, 0.25) is 5.28 Å². The van der Waals surface area contributed by atoms with Crippen molar-refractivity contribution in [2.75, 3.05) is 25.5 Å². The lowest BCUT2D eigenvalue weighted by molar-refractivity contribution is 0.172. The van der Waals surface area contributed by atoms with Crippen molar-refractivity contribution in [3.63, 3.8) is 0 Å². The van der Waals surface area contributed by atoms with E-state index in [0.29, 0.717) is 24.6 Å². The van der Waals surface area contributed by atoms with E-state index in [0.717, 1.165) is 23.2 Å². The van der Waals surface area contributed by atoms with E-state index in [2.05, 4.69) is 49.5 Å². The molecule has 1 N–H and O–H groups in total. The first kappa shape index (κ1) is 20.7. The van der Waals surface area contributed by atoms with Gasteiger partial charge in [-0.15, -0.1) is 0 Å². The summed E-state index contributed by atoms with van der Waals surface area (Å²) >= 11 is 6.24. The summed E-state index contributed by atoms with van der Waals surface area (Å²) in [6, 6.07) is 16.6. The molecule has 0 aliphatic carbocycles. The van der Waals surface area contributed by atoms with Gasteiger partial charge in [-0.3, -0.25) is 4.90 Å². The molecular formula is C24H25ClN6O. The molecular weight excluding hydrogens is 424 g/mol. The van der Waals surface area contributed by atoms with E-state index in [4.69, 9.17) is 16.3 Å². The number of halogens is 1. The third-order valence-corrected chi connectivity index (χ3v) is 5.97. The Hall–Kier alpha value is -3.16. The van der Waals surface area contributed by atoms with Gasteiger partial charge in [0.05, 0.1) is 25.2 Å². The van der Waals surface area contributed by atoms with E-state index in [1.807, 2.05) is 28.9 Å². The fourth-order valence-electron chi connectivity index (χ4n) is 3.83. The van der Waals surface area contributed by atoms with E-state index in [-0.39, 0.29) is 5.28 Å². The second-order valence-electron chi connectivity index (χ2n) is 8.03. The van der Waals surface area contributed by atoms with Crippen molar-refractivity contribution in [1.82, 2.24) is 24.6 Å². The van der Waals surface area contributed by atoms with Crippen molar-refractivity contribution in [3.8, 4) is 5.75 Å². The third-order valence-electron chi connectivity index (χ3n) is 5.80. The zero-order chi connectivity index (χ0) is 21.9. The van der Waals surface area contributed by atoms with E-state index >= 15 is 0 Å². The largest absolute Gasteiger partial charge is 0.497 e. The number of hydrogen-bond donors (Lipinski definition) is 1. The molecule has 0 bridgehead atoms. The number of benzene rings is 2. The van der Waals surface area contributed by atoms with Crippen LogP contribution in [-0.2, 0) is 19.6 Å². The van der Waals surface area contributed by atoms with Crippen molar-refractivity contribution in [3.05, 3.63) is 76.7 Å². The molecule has 5 rings (SSSR count). The molecule has 32 heavy (non-hydrogen) atoms. The zero-order valence-electron chi connectivity index (χ0n) is 18.0. The van der Waals surface area contributed by atoms with Crippen LogP contribution in [0.4, 0.5) is 5.82 Å². The summed E-state index contributed by atoms with van der Waals surface area (Å²) in [6.07, 6.45) is 3.10. The maximum Gasteiger partial charge on any atom is 0.226 e. The highest BCUT2D eigenvalue weighted by atomic mass is 35.5. The van der Waals surface area contributed by atoms with E-state index in [1.54, 1.807) is 13.3 Å². The number of ether oxygens (including phenoxy) is 1. The minimum Gasteiger partial charge on any atom is -0.497 e. The maximum absolute atomic E-state index is 6.24. The fraction of sp³-hybridized carbons (Fsp3) is 0.292. The Kier molecular flexibility index (Phi) is 5.92. The van der Waals surface area contributed by atoms with Gasteiger partial charge >= 0.3 is 0 Å². The second-order valence-corrected chi connectivity index (χ2v) is 8.37. The van der Waals surface area contributed by atoms with Gasteiger partial charge in [-0.05, 0) is 59.9 Å². The standard InChI is InChI=1S/C24H25ClN6O/c1-32-20-9-7-17(8-10-20)13-26-22-21-14-27-31(23(21)29-24(25)28-22)16-19-5-3-18(4-6-19)15-30-11-2-12-30/h3-10,14H,2,11-13,15-16H2,1H3,(H,26,28,29). The number of methoxy groups -OCH3 is 1. The first-order chi connectivity index (χ1) is 15.7. The second kappa shape index (κ2) is 9.14. The highest BCUT2D eigenvalue weighted by molar-refractivity contribution is 6.28. The average molecular weight is 449 g/mol. The maximum atomic E-state index is 6.24. The van der Waals surface area contributed by atoms with Crippen molar-refractivity contribution in [1.29, 1.82) is 0 Å². The van der Waals surface area contributed by atoms with Crippen LogP contribution in [0.3, 0.4) is 0 Å². The number of hydrogen-bond acceptors (Lipinski definition) is 6. The highest BCUT2D eigenvalue weighted by Gasteiger charge is 2.15. The molecule has 0 atom stereocenters. The number of rotatable bonds is 8. The van der Waals surface area contributed by atoms with Crippen molar-refractivity contribution in [2.24, 2.45) is 0 Å². The van der Waals surface area contributed by atoms with Gasteiger partial charge in [0.15, 0.2) is 5.65 Å². The molecule has 3 heterocycles. The molecule has 1 aliphatic heterocycles. The molecule has 7 nitrogen and oxygen atoms in total. The quantitative estimate of drug-likeness (QED) is 0.404. The number of nitrogens with one attached hydrogen (secondary N) is 1. The van der Waals surface area contributed by atoms with Crippen molar-refractivity contribution in [2.45, 2.75) is 26.1 Å². The fourth-order valence-corrected chi connectivity index (χ4v) is 3.99. The number of nitrogens with zero attached hydrogens (tertiary/aromatic N) is 5. The normalized spacial score (nSPS) is 13.8. The summed E-state index contributed by atoms with van der Waals surface area (Å²) < 4.78 is 7.08. The average Bonchev–Trinajstić information content (AvgIpc) is 3.18. The minimum absolute atomic E-state index is 0.196. The highest BCUT2D eigenvalue weighted by Crippen LogP contribution is 2.24. The van der Waals surface area contributed by atoms with Crippen LogP contribution in [0.5, 0.6) is 5.75 Å². The number of likely N-dealkylation sites (tertiary alicyclic amines) is 1. The molecule has 164 valence electrons. The SMILES string of the molecule is COc1ccc(CNc2nc(Cl)nc3c2cnn3Cc2ccc(CN3CCC3)cc2)cc1. The monoisotopic (exact) mass is 448 g/mol. The topological polar surface area (TPSA) is 68.1 Å². The molecule has 1 saturated heterocycles. The summed E-state index contributed by atoms with van der Waals surface area (Å²) in [5.41, 5.74) is 4.34. The lowest BCUT2D eigenvalue weighted by Crippen LogP contribution is -2.36. The van der Waals surface area contributed by atoms with Crippen LogP contribution in [0, 0.1) is 0 Å². The zero-order valence-corrected chi connectivity index (χ0v) is 18.7. The van der Waals surface area contributed by atoms with Crippen LogP contribution in [0.25, 0.3) is 11.0 Å². The van der Waals surface area contributed by atoms with E-state index < -0.39 is 0 Å². The van der Waals surface area contributed by atoms with E-state index in [1.165, 1.54) is 30.6 Å². The third kappa shape index (κ3) is 4.54. The first-order valence-corrected chi connectivity index (χ1v) is 11.1. The molecule has 4 aromatic rings. The molecule has 1 fully saturated rings. The molecule has 8 heteroatoms. The lowest BCUT2D eigenvalue weighted by Gasteiger charge is -2.30. The van der Waals surface area contributed by atoms with Gasteiger partial charge in [0.25, 0.3) is 0 Å². The van der Waals surface area contributed by atoms with Crippen LogP contribution in [-0.4, -0.2) is 44.8 Å². The Morgan fingerprint density at radius 1 is 0.938 bits per heavy atom.